The quantitative estimate of drug-likeness (QED) is 0.407. The second-order valence-corrected chi connectivity index (χ2v) is 8.48. The summed E-state index contributed by atoms with van der Waals surface area (Å²) >= 11 is 0. The first-order chi connectivity index (χ1) is 11.7. The Kier molecular flexibility index (Phi) is 12.6. The van der Waals surface area contributed by atoms with Gasteiger partial charge in [-0.1, -0.05) is 60.8 Å². The molecule has 0 saturated heterocycles. The molecule has 0 fully saturated rings. The SMILES string of the molecule is CCCCC(CC)COC(=O)CCC(=O)OCCC(C)CC(C)(C)C. The topological polar surface area (TPSA) is 52.6 Å². The van der Waals surface area contributed by atoms with Crippen LogP contribution in [0.3, 0.4) is 0 Å². The third-order valence-corrected chi connectivity index (χ3v) is 4.39. The lowest BCUT2D eigenvalue weighted by atomic mass is 9.84. The molecule has 0 saturated carbocycles. The zero-order chi connectivity index (χ0) is 19.3. The maximum Gasteiger partial charge on any atom is 0.306 e. The molecule has 0 radical (unpaired) electrons. The van der Waals surface area contributed by atoms with E-state index in [1.54, 1.807) is 0 Å². The van der Waals surface area contributed by atoms with Gasteiger partial charge in [0.05, 0.1) is 26.1 Å². The van der Waals surface area contributed by atoms with E-state index < -0.39 is 0 Å². The second kappa shape index (κ2) is 13.2. The molecule has 4 nitrogen and oxygen atoms in total. The third-order valence-electron chi connectivity index (χ3n) is 4.39. The smallest absolute Gasteiger partial charge is 0.306 e. The molecule has 0 amide bonds. The summed E-state index contributed by atoms with van der Waals surface area (Å²) in [5, 5.41) is 0. The van der Waals surface area contributed by atoms with Crippen molar-refractivity contribution < 1.29 is 19.1 Å². The van der Waals surface area contributed by atoms with Crippen LogP contribution in [0.5, 0.6) is 0 Å². The minimum Gasteiger partial charge on any atom is -0.466 e. The van der Waals surface area contributed by atoms with E-state index in [0.29, 0.717) is 30.5 Å². The molecule has 0 spiro atoms. The highest BCUT2D eigenvalue weighted by molar-refractivity contribution is 5.77. The average molecular weight is 357 g/mol. The van der Waals surface area contributed by atoms with Gasteiger partial charge >= 0.3 is 11.9 Å². The maximum atomic E-state index is 11.8. The molecule has 148 valence electrons. The fraction of sp³-hybridized carbons (Fsp3) is 0.905. The summed E-state index contributed by atoms with van der Waals surface area (Å²) in [5.74, 6) is 0.345. The van der Waals surface area contributed by atoms with E-state index in [4.69, 9.17) is 9.47 Å². The zero-order valence-corrected chi connectivity index (χ0v) is 17.4. The van der Waals surface area contributed by atoms with Crippen LogP contribution in [0.15, 0.2) is 0 Å². The second-order valence-electron chi connectivity index (χ2n) is 8.48. The molecule has 25 heavy (non-hydrogen) atoms. The predicted molar refractivity (Wildman–Crippen MR) is 102 cm³/mol. The Bertz CT molecular complexity index is 371. The van der Waals surface area contributed by atoms with Gasteiger partial charge in [0.25, 0.3) is 0 Å². The largest absolute Gasteiger partial charge is 0.466 e. The zero-order valence-electron chi connectivity index (χ0n) is 17.4. The van der Waals surface area contributed by atoms with Crippen LogP contribution >= 0.6 is 0 Å². The molecule has 0 aliphatic heterocycles. The first kappa shape index (κ1) is 23.9. The minimum absolute atomic E-state index is 0.109. The Morgan fingerprint density at radius 1 is 0.960 bits per heavy atom. The molecule has 0 heterocycles. The summed E-state index contributed by atoms with van der Waals surface area (Å²) in [5.41, 5.74) is 0.292. The van der Waals surface area contributed by atoms with Crippen LogP contribution < -0.4 is 0 Å². The third kappa shape index (κ3) is 14.9. The summed E-state index contributed by atoms with van der Waals surface area (Å²) in [4.78, 5) is 23.5. The van der Waals surface area contributed by atoms with Gasteiger partial charge in [0.1, 0.15) is 0 Å². The van der Waals surface area contributed by atoms with Gasteiger partial charge in [-0.15, -0.1) is 0 Å². The number of ether oxygens (including phenoxy) is 2. The normalized spacial score (nSPS) is 14.0. The van der Waals surface area contributed by atoms with Crippen molar-refractivity contribution >= 4 is 11.9 Å². The van der Waals surface area contributed by atoms with Gasteiger partial charge in [-0.05, 0) is 36.5 Å². The fourth-order valence-corrected chi connectivity index (χ4v) is 2.98. The number of rotatable bonds is 13. The molecule has 0 N–H and O–H groups in total. The number of carbonyl (C=O) groups excluding carboxylic acids is 2. The van der Waals surface area contributed by atoms with E-state index in [1.807, 2.05) is 0 Å². The van der Waals surface area contributed by atoms with Crippen molar-refractivity contribution in [3.05, 3.63) is 0 Å². The highest BCUT2D eigenvalue weighted by Gasteiger charge is 2.16. The van der Waals surface area contributed by atoms with Crippen LogP contribution in [0.2, 0.25) is 0 Å². The summed E-state index contributed by atoms with van der Waals surface area (Å²) in [6, 6.07) is 0. The highest BCUT2D eigenvalue weighted by atomic mass is 16.5. The van der Waals surface area contributed by atoms with Crippen molar-refractivity contribution in [2.75, 3.05) is 13.2 Å². The maximum absolute atomic E-state index is 11.8. The summed E-state index contributed by atoms with van der Waals surface area (Å²) in [6.45, 7) is 14.0. The Morgan fingerprint density at radius 3 is 2.08 bits per heavy atom. The van der Waals surface area contributed by atoms with E-state index in [2.05, 4.69) is 41.5 Å². The molecular formula is C21H40O4. The molecule has 0 aliphatic carbocycles. The standard InChI is InChI=1S/C21H40O4/c1-7-9-10-18(8-2)16-25-20(23)12-11-19(22)24-14-13-17(3)15-21(4,5)6/h17-18H,7-16H2,1-6H3. The van der Waals surface area contributed by atoms with Crippen LogP contribution in [0.1, 0.15) is 92.9 Å². The Morgan fingerprint density at radius 2 is 1.56 bits per heavy atom. The highest BCUT2D eigenvalue weighted by Crippen LogP contribution is 2.25. The van der Waals surface area contributed by atoms with Gasteiger partial charge in [0.2, 0.25) is 0 Å². The van der Waals surface area contributed by atoms with Crippen molar-refractivity contribution in [1.82, 2.24) is 0 Å². The first-order valence-corrected chi connectivity index (χ1v) is 9.99. The summed E-state index contributed by atoms with van der Waals surface area (Å²) < 4.78 is 10.5. The van der Waals surface area contributed by atoms with Crippen LogP contribution in [-0.4, -0.2) is 25.2 Å². The predicted octanol–water partition coefficient (Wildman–Crippen LogP) is 5.53. The molecule has 0 bridgehead atoms. The molecule has 0 aromatic carbocycles. The Hall–Kier alpha value is -1.06. The molecule has 0 rings (SSSR count). The average Bonchev–Trinajstić information content (AvgIpc) is 2.51. The Labute approximate surface area is 155 Å². The molecule has 4 heteroatoms. The van der Waals surface area contributed by atoms with E-state index in [1.165, 1.54) is 0 Å². The molecule has 2 unspecified atom stereocenters. The van der Waals surface area contributed by atoms with Gasteiger partial charge in [-0.2, -0.15) is 0 Å². The lowest BCUT2D eigenvalue weighted by molar-refractivity contribution is -0.151. The van der Waals surface area contributed by atoms with Gasteiger partial charge in [0, 0.05) is 0 Å². The van der Waals surface area contributed by atoms with Crippen LogP contribution in [0.25, 0.3) is 0 Å². The van der Waals surface area contributed by atoms with Gasteiger partial charge in [-0.25, -0.2) is 0 Å². The number of unbranched alkanes of at least 4 members (excludes halogenated alkanes) is 1. The van der Waals surface area contributed by atoms with E-state index in [-0.39, 0.29) is 24.8 Å². The molecule has 0 aromatic rings. The van der Waals surface area contributed by atoms with Crippen LogP contribution in [-0.2, 0) is 19.1 Å². The summed E-state index contributed by atoms with van der Waals surface area (Å²) in [7, 11) is 0. The van der Waals surface area contributed by atoms with Crippen LogP contribution in [0, 0.1) is 17.3 Å². The lowest BCUT2D eigenvalue weighted by Crippen LogP contribution is -2.16. The van der Waals surface area contributed by atoms with Crippen molar-refractivity contribution in [1.29, 1.82) is 0 Å². The van der Waals surface area contributed by atoms with Crippen molar-refractivity contribution in [3.63, 3.8) is 0 Å². The number of hydrogen-bond donors (Lipinski definition) is 0. The minimum atomic E-state index is -0.307. The first-order valence-electron chi connectivity index (χ1n) is 9.99. The Balaban J connectivity index is 3.81. The lowest BCUT2D eigenvalue weighted by Gasteiger charge is -2.23. The van der Waals surface area contributed by atoms with Gasteiger partial charge in [-0.3, -0.25) is 9.59 Å². The van der Waals surface area contributed by atoms with E-state index in [9.17, 15) is 9.59 Å². The fourth-order valence-electron chi connectivity index (χ4n) is 2.98. The van der Waals surface area contributed by atoms with Crippen molar-refractivity contribution in [3.8, 4) is 0 Å². The molecule has 0 aliphatic rings. The number of esters is 2. The van der Waals surface area contributed by atoms with Crippen molar-refractivity contribution in [2.45, 2.75) is 92.9 Å². The molecule has 2 atom stereocenters. The molecule has 0 aromatic heterocycles. The number of carbonyl (C=O) groups is 2. The van der Waals surface area contributed by atoms with Crippen molar-refractivity contribution in [2.24, 2.45) is 17.3 Å². The van der Waals surface area contributed by atoms with E-state index >= 15 is 0 Å². The van der Waals surface area contributed by atoms with Gasteiger partial charge in [0.15, 0.2) is 0 Å². The monoisotopic (exact) mass is 356 g/mol. The van der Waals surface area contributed by atoms with Crippen LogP contribution in [0.4, 0.5) is 0 Å². The number of hydrogen-bond acceptors (Lipinski definition) is 4. The molecular weight excluding hydrogens is 316 g/mol. The van der Waals surface area contributed by atoms with Gasteiger partial charge < -0.3 is 9.47 Å². The summed E-state index contributed by atoms with van der Waals surface area (Å²) in [6.07, 6.45) is 6.62. The van der Waals surface area contributed by atoms with E-state index in [0.717, 1.165) is 38.5 Å².